The van der Waals surface area contributed by atoms with Crippen molar-refractivity contribution in [1.29, 1.82) is 0 Å². The largest absolute Gasteiger partial charge is 0.484 e. The Hall–Kier alpha value is -3.22. The number of halogens is 7. The van der Waals surface area contributed by atoms with Gasteiger partial charge in [-0.05, 0) is 64.9 Å². The molecule has 2 aromatic carbocycles. The standard InChI is InChI=1S/C23H19F7N4O2/c24-15-4-5-17(18(25)7-15)21(35,11-34-13-31-32-33-34)23(29,30)20-8-19(9-20,10-20)14-2-1-3-16(6-14)36-12-22(26,27)28/h1-7,13,35H,8-12H2/t19?,20?,21-/m1/s1. The van der Waals surface area contributed by atoms with Crippen molar-refractivity contribution < 1.29 is 40.6 Å². The summed E-state index contributed by atoms with van der Waals surface area (Å²) < 4.78 is 104. The van der Waals surface area contributed by atoms with Crippen LogP contribution in [0.25, 0.3) is 0 Å². The van der Waals surface area contributed by atoms with Crippen LogP contribution in [0.2, 0.25) is 0 Å². The predicted octanol–water partition coefficient (Wildman–Crippen LogP) is 4.54. The van der Waals surface area contributed by atoms with Crippen LogP contribution in [0.15, 0.2) is 48.8 Å². The lowest BCUT2D eigenvalue weighted by Crippen LogP contribution is -2.76. The molecule has 3 aliphatic rings. The van der Waals surface area contributed by atoms with Gasteiger partial charge in [0.1, 0.15) is 23.7 Å². The maximum absolute atomic E-state index is 16.2. The summed E-state index contributed by atoms with van der Waals surface area (Å²) in [6.07, 6.45) is -3.85. The topological polar surface area (TPSA) is 73.1 Å². The van der Waals surface area contributed by atoms with Gasteiger partial charge in [-0.25, -0.2) is 22.2 Å². The average molecular weight is 516 g/mol. The monoisotopic (exact) mass is 516 g/mol. The van der Waals surface area contributed by atoms with Crippen molar-refractivity contribution >= 4 is 0 Å². The predicted molar refractivity (Wildman–Crippen MR) is 109 cm³/mol. The molecule has 3 aliphatic carbocycles. The molecule has 0 radical (unpaired) electrons. The SMILES string of the molecule is O[C@](Cn1cnnn1)(c1ccc(F)cc1F)C(F)(F)C12CC(c3cccc(OCC(F)(F)F)c3)(C1)C2. The average Bonchev–Trinajstić information content (AvgIpc) is 3.22. The second-order valence-corrected chi connectivity index (χ2v) is 9.59. The maximum Gasteiger partial charge on any atom is 0.422 e. The van der Waals surface area contributed by atoms with E-state index in [1.165, 1.54) is 18.2 Å². The summed E-state index contributed by atoms with van der Waals surface area (Å²) in [5.74, 6) is -6.29. The number of nitrogens with zero attached hydrogens (tertiary/aromatic N) is 4. The molecule has 1 aromatic heterocycles. The molecule has 3 fully saturated rings. The van der Waals surface area contributed by atoms with Crippen LogP contribution in [0.4, 0.5) is 30.7 Å². The summed E-state index contributed by atoms with van der Waals surface area (Å²) in [4.78, 5) is 0. The first-order chi connectivity index (χ1) is 16.8. The third kappa shape index (κ3) is 3.71. The minimum Gasteiger partial charge on any atom is -0.484 e. The van der Waals surface area contributed by atoms with Crippen molar-refractivity contribution in [3.8, 4) is 5.75 Å². The first-order valence-electron chi connectivity index (χ1n) is 10.9. The number of alkyl halides is 5. The third-order valence-corrected chi connectivity index (χ3v) is 7.22. The summed E-state index contributed by atoms with van der Waals surface area (Å²) in [6, 6.07) is 7.78. The molecule has 6 rings (SSSR count). The fraction of sp³-hybridized carbons (Fsp3) is 0.435. The first-order valence-corrected chi connectivity index (χ1v) is 10.9. The summed E-state index contributed by atoms with van der Waals surface area (Å²) in [5.41, 5.74) is -5.84. The molecule has 1 atom stereocenters. The van der Waals surface area contributed by atoms with Crippen LogP contribution in [-0.4, -0.2) is 44.0 Å². The summed E-state index contributed by atoms with van der Waals surface area (Å²) in [6.45, 7) is -2.38. The molecule has 1 heterocycles. The van der Waals surface area contributed by atoms with Crippen molar-refractivity contribution in [1.82, 2.24) is 20.2 Å². The lowest BCUT2D eigenvalue weighted by atomic mass is 9.30. The minimum absolute atomic E-state index is 0.0427. The highest BCUT2D eigenvalue weighted by molar-refractivity contribution is 5.45. The lowest BCUT2D eigenvalue weighted by Gasteiger charge is -2.74. The lowest BCUT2D eigenvalue weighted by molar-refractivity contribution is -0.347. The van der Waals surface area contributed by atoms with E-state index < -0.39 is 58.9 Å². The van der Waals surface area contributed by atoms with Gasteiger partial charge in [0.15, 0.2) is 12.2 Å². The zero-order chi connectivity index (χ0) is 26.0. The molecular weight excluding hydrogens is 497 g/mol. The Morgan fingerprint density at radius 1 is 1.00 bits per heavy atom. The van der Waals surface area contributed by atoms with Gasteiger partial charge in [-0.1, -0.05) is 12.1 Å². The number of benzene rings is 2. The molecule has 6 nitrogen and oxygen atoms in total. The summed E-state index contributed by atoms with van der Waals surface area (Å²) >= 11 is 0. The number of aromatic nitrogens is 4. The number of rotatable bonds is 8. The smallest absolute Gasteiger partial charge is 0.422 e. The van der Waals surface area contributed by atoms with E-state index in [9.17, 15) is 27.1 Å². The molecule has 0 saturated heterocycles. The van der Waals surface area contributed by atoms with E-state index >= 15 is 8.78 Å². The Balaban J connectivity index is 1.43. The fourth-order valence-corrected chi connectivity index (χ4v) is 5.61. The van der Waals surface area contributed by atoms with Gasteiger partial charge >= 0.3 is 6.18 Å². The fourth-order valence-electron chi connectivity index (χ4n) is 5.61. The van der Waals surface area contributed by atoms with Crippen molar-refractivity contribution in [3.63, 3.8) is 0 Å². The second-order valence-electron chi connectivity index (χ2n) is 9.59. The molecule has 0 unspecified atom stereocenters. The van der Waals surface area contributed by atoms with E-state index in [1.54, 1.807) is 6.07 Å². The van der Waals surface area contributed by atoms with Gasteiger partial charge in [-0.15, -0.1) is 5.10 Å². The highest BCUT2D eigenvalue weighted by Crippen LogP contribution is 2.80. The van der Waals surface area contributed by atoms with Gasteiger partial charge in [-0.2, -0.15) is 13.2 Å². The van der Waals surface area contributed by atoms with E-state index in [2.05, 4.69) is 15.5 Å². The van der Waals surface area contributed by atoms with E-state index in [1.807, 2.05) is 0 Å². The summed E-state index contributed by atoms with van der Waals surface area (Å²) in [5, 5.41) is 21.6. The molecule has 0 spiro atoms. The van der Waals surface area contributed by atoms with Crippen LogP contribution in [0.5, 0.6) is 5.75 Å². The van der Waals surface area contributed by atoms with Crippen LogP contribution >= 0.6 is 0 Å². The van der Waals surface area contributed by atoms with Crippen molar-refractivity contribution in [2.24, 2.45) is 5.41 Å². The molecule has 0 aliphatic heterocycles. The van der Waals surface area contributed by atoms with E-state index in [0.29, 0.717) is 11.6 Å². The Labute approximate surface area is 199 Å². The van der Waals surface area contributed by atoms with Gasteiger partial charge in [0.25, 0.3) is 5.92 Å². The minimum atomic E-state index is -4.53. The zero-order valence-electron chi connectivity index (χ0n) is 18.4. The van der Waals surface area contributed by atoms with Gasteiger partial charge in [-0.3, -0.25) is 0 Å². The number of hydrogen-bond acceptors (Lipinski definition) is 5. The third-order valence-electron chi connectivity index (χ3n) is 7.22. The van der Waals surface area contributed by atoms with E-state index in [0.717, 1.165) is 23.1 Å². The van der Waals surface area contributed by atoms with Gasteiger partial charge in [0.05, 0.1) is 6.54 Å². The normalized spacial score (nSPS) is 25.0. The molecule has 13 heteroatoms. The van der Waals surface area contributed by atoms with Crippen molar-refractivity contribution in [3.05, 3.63) is 71.6 Å². The summed E-state index contributed by atoms with van der Waals surface area (Å²) in [7, 11) is 0. The Morgan fingerprint density at radius 2 is 1.72 bits per heavy atom. The van der Waals surface area contributed by atoms with Gasteiger partial charge in [0.2, 0.25) is 0 Å². The number of aliphatic hydroxyl groups is 1. The quantitative estimate of drug-likeness (QED) is 0.446. The highest BCUT2D eigenvalue weighted by atomic mass is 19.4. The molecule has 3 aromatic rings. The molecule has 1 N–H and O–H groups in total. The number of tetrazole rings is 1. The molecule has 2 bridgehead atoms. The van der Waals surface area contributed by atoms with Crippen LogP contribution in [0.1, 0.15) is 30.4 Å². The molecule has 3 saturated carbocycles. The Bertz CT molecular complexity index is 1260. The number of hydrogen-bond donors (Lipinski definition) is 1. The Kier molecular flexibility index (Phi) is 5.36. The zero-order valence-corrected chi connectivity index (χ0v) is 18.4. The van der Waals surface area contributed by atoms with Crippen LogP contribution in [-0.2, 0) is 17.6 Å². The number of ether oxygens (including phenoxy) is 1. The van der Waals surface area contributed by atoms with Crippen LogP contribution in [0.3, 0.4) is 0 Å². The van der Waals surface area contributed by atoms with Crippen molar-refractivity contribution in [2.45, 2.75) is 48.9 Å². The molecule has 36 heavy (non-hydrogen) atoms. The Morgan fingerprint density at radius 3 is 2.33 bits per heavy atom. The second kappa shape index (κ2) is 7.89. The maximum atomic E-state index is 16.2. The first kappa shape index (κ1) is 24.5. The van der Waals surface area contributed by atoms with Crippen molar-refractivity contribution in [2.75, 3.05) is 6.61 Å². The van der Waals surface area contributed by atoms with Gasteiger partial charge in [0, 0.05) is 17.0 Å². The highest BCUT2D eigenvalue weighted by Gasteiger charge is 2.82. The van der Waals surface area contributed by atoms with E-state index in [-0.39, 0.29) is 25.0 Å². The molecular formula is C23H19F7N4O2. The van der Waals surface area contributed by atoms with Gasteiger partial charge < -0.3 is 9.84 Å². The van der Waals surface area contributed by atoms with Crippen LogP contribution < -0.4 is 4.74 Å². The van der Waals surface area contributed by atoms with Crippen LogP contribution in [0, 0.1) is 17.0 Å². The molecule has 192 valence electrons. The molecule has 0 amide bonds. The van der Waals surface area contributed by atoms with E-state index in [4.69, 9.17) is 4.74 Å².